The molecule has 1 amide bonds. The van der Waals surface area contributed by atoms with Crippen molar-refractivity contribution in [2.24, 2.45) is 10.7 Å². The number of nitrogens with two attached hydrogens (primary N) is 2. The summed E-state index contributed by atoms with van der Waals surface area (Å²) in [6.07, 6.45) is 1.74. The van der Waals surface area contributed by atoms with E-state index in [9.17, 15) is 4.79 Å². The predicted molar refractivity (Wildman–Crippen MR) is 105 cm³/mol. The number of thiophene rings is 1. The molecular formula is C19H19N5O2S. The van der Waals surface area contributed by atoms with Gasteiger partial charge in [0.25, 0.3) is 0 Å². The van der Waals surface area contributed by atoms with Crippen LogP contribution in [0.25, 0.3) is 10.4 Å². The minimum Gasteiger partial charge on any atom is -0.384 e. The lowest BCUT2D eigenvalue weighted by atomic mass is 9.97. The number of nitrogens with zero attached hydrogens (tertiary/aromatic N) is 3. The Labute approximate surface area is 160 Å². The van der Waals surface area contributed by atoms with Crippen LogP contribution in [-0.4, -0.2) is 21.8 Å². The van der Waals surface area contributed by atoms with E-state index in [0.717, 1.165) is 38.5 Å². The first-order valence-electron chi connectivity index (χ1n) is 8.51. The quantitative estimate of drug-likeness (QED) is 0.722. The van der Waals surface area contributed by atoms with Crippen LogP contribution in [0.5, 0.6) is 0 Å². The molecule has 8 heteroatoms. The molecule has 0 aromatic carbocycles. The highest BCUT2D eigenvalue weighted by Gasteiger charge is 2.33. The van der Waals surface area contributed by atoms with Crippen molar-refractivity contribution in [3.05, 3.63) is 51.4 Å². The molecule has 0 radical (unpaired) electrons. The van der Waals surface area contributed by atoms with Gasteiger partial charge in [-0.05, 0) is 38.5 Å². The summed E-state index contributed by atoms with van der Waals surface area (Å²) in [6.45, 7) is 6.05. The molecule has 4 rings (SSSR count). The molecule has 0 unspecified atom stereocenters. The highest BCUT2D eigenvalue weighted by atomic mass is 32.1. The first-order valence-corrected chi connectivity index (χ1v) is 9.33. The van der Waals surface area contributed by atoms with Gasteiger partial charge in [-0.15, -0.1) is 11.3 Å². The van der Waals surface area contributed by atoms with E-state index in [-0.39, 0.29) is 6.42 Å². The minimum absolute atomic E-state index is 0.0422. The van der Waals surface area contributed by atoms with Crippen LogP contribution in [0.4, 0.5) is 5.82 Å². The number of primary amides is 1. The zero-order chi connectivity index (χ0) is 19.3. The first-order chi connectivity index (χ1) is 12.9. The maximum atomic E-state index is 11.7. The Morgan fingerprint density at radius 2 is 2.04 bits per heavy atom. The molecule has 0 fully saturated rings. The van der Waals surface area contributed by atoms with Crippen LogP contribution in [0.15, 0.2) is 27.8 Å². The summed E-state index contributed by atoms with van der Waals surface area (Å²) in [4.78, 5) is 23.0. The summed E-state index contributed by atoms with van der Waals surface area (Å²) >= 11 is 1.67. The number of carbonyl (C=O) groups is 1. The zero-order valence-electron chi connectivity index (χ0n) is 15.2. The van der Waals surface area contributed by atoms with E-state index in [4.69, 9.17) is 21.0 Å². The van der Waals surface area contributed by atoms with Gasteiger partial charge in [0.15, 0.2) is 5.76 Å². The third-order valence-corrected chi connectivity index (χ3v) is 6.00. The monoisotopic (exact) mass is 381 g/mol. The van der Waals surface area contributed by atoms with Gasteiger partial charge in [-0.25, -0.2) is 4.98 Å². The number of fused-ring (bicyclic) bond motifs is 3. The molecule has 7 nitrogen and oxygen atoms in total. The van der Waals surface area contributed by atoms with Crippen LogP contribution >= 0.6 is 11.3 Å². The van der Waals surface area contributed by atoms with Crippen LogP contribution in [-0.2, 0) is 4.79 Å². The number of anilines is 1. The van der Waals surface area contributed by atoms with Gasteiger partial charge in [0.1, 0.15) is 11.9 Å². The molecule has 0 saturated carbocycles. The van der Waals surface area contributed by atoms with E-state index >= 15 is 0 Å². The molecule has 0 bridgehead atoms. The number of rotatable bonds is 3. The van der Waals surface area contributed by atoms with Gasteiger partial charge in [0.2, 0.25) is 5.91 Å². The van der Waals surface area contributed by atoms with Crippen LogP contribution in [0.1, 0.15) is 45.5 Å². The number of pyridine rings is 1. The fourth-order valence-electron chi connectivity index (χ4n) is 3.35. The topological polar surface area (TPSA) is 120 Å². The van der Waals surface area contributed by atoms with Crippen molar-refractivity contribution >= 4 is 28.8 Å². The second-order valence-electron chi connectivity index (χ2n) is 6.63. The fraction of sp³-hybridized carbons (Fsp3) is 0.263. The van der Waals surface area contributed by atoms with Crippen molar-refractivity contribution in [2.45, 2.75) is 33.2 Å². The molecule has 0 aliphatic carbocycles. The summed E-state index contributed by atoms with van der Waals surface area (Å²) in [5.41, 5.74) is 16.6. The van der Waals surface area contributed by atoms with E-state index in [1.807, 2.05) is 13.0 Å². The zero-order valence-corrected chi connectivity index (χ0v) is 16.1. The normalized spacial score (nSPS) is 15.7. The van der Waals surface area contributed by atoms with Crippen molar-refractivity contribution in [2.75, 3.05) is 5.73 Å². The lowest BCUT2D eigenvalue weighted by molar-refractivity contribution is -0.118. The number of aromatic nitrogens is 2. The van der Waals surface area contributed by atoms with Crippen LogP contribution in [0, 0.1) is 20.8 Å². The van der Waals surface area contributed by atoms with E-state index in [2.05, 4.69) is 24.0 Å². The first kappa shape index (κ1) is 17.4. The molecule has 1 atom stereocenters. The molecule has 138 valence electrons. The molecule has 27 heavy (non-hydrogen) atoms. The van der Waals surface area contributed by atoms with E-state index in [1.165, 1.54) is 4.88 Å². The van der Waals surface area contributed by atoms with Crippen molar-refractivity contribution in [3.8, 4) is 10.4 Å². The SMILES string of the molecule is Cc1noc2c1-c1sc(C)c(C)c1C(c1ccc(N)nc1)=N[C@H]2CC(N)=O. The Hall–Kier alpha value is -3.00. The number of aryl methyl sites for hydroxylation is 2. The number of aliphatic imine (C=N–C) groups is 1. The van der Waals surface area contributed by atoms with E-state index in [1.54, 1.807) is 23.6 Å². The van der Waals surface area contributed by atoms with Gasteiger partial charge in [0.05, 0.1) is 23.4 Å². The highest BCUT2D eigenvalue weighted by Crippen LogP contribution is 2.46. The smallest absolute Gasteiger partial charge is 0.220 e. The van der Waals surface area contributed by atoms with Gasteiger partial charge >= 0.3 is 0 Å². The molecular weight excluding hydrogens is 362 g/mol. The Morgan fingerprint density at radius 3 is 2.70 bits per heavy atom. The Balaban J connectivity index is 2.04. The van der Waals surface area contributed by atoms with Gasteiger partial charge in [-0.3, -0.25) is 9.79 Å². The number of nitrogen functional groups attached to an aromatic ring is 1. The van der Waals surface area contributed by atoms with Gasteiger partial charge in [0, 0.05) is 27.1 Å². The fourth-order valence-corrected chi connectivity index (χ4v) is 4.61. The second kappa shape index (κ2) is 6.31. The number of hydrogen-bond donors (Lipinski definition) is 2. The maximum absolute atomic E-state index is 11.7. The Morgan fingerprint density at radius 1 is 1.26 bits per heavy atom. The average molecular weight is 381 g/mol. The Kier molecular flexibility index (Phi) is 4.07. The average Bonchev–Trinajstić information content (AvgIpc) is 3.08. The predicted octanol–water partition coefficient (Wildman–Crippen LogP) is 3.07. The lowest BCUT2D eigenvalue weighted by Crippen LogP contribution is -2.15. The maximum Gasteiger partial charge on any atom is 0.220 e. The molecule has 3 aromatic rings. The van der Waals surface area contributed by atoms with Crippen molar-refractivity contribution in [1.29, 1.82) is 0 Å². The van der Waals surface area contributed by atoms with E-state index < -0.39 is 11.9 Å². The number of carbonyl (C=O) groups excluding carboxylic acids is 1. The molecule has 4 heterocycles. The summed E-state index contributed by atoms with van der Waals surface area (Å²) < 4.78 is 5.60. The standard InChI is InChI=1S/C19H19N5O2S/c1-8-10(3)27-19-15(8)17(11-4-5-13(20)22-7-11)23-12(6-14(21)25)18-16(19)9(2)24-26-18/h4-5,7,12H,6H2,1-3H3,(H2,20,22)(H2,21,25)/t12-/m0/s1. The van der Waals surface area contributed by atoms with Crippen molar-refractivity contribution in [3.63, 3.8) is 0 Å². The number of hydrogen-bond acceptors (Lipinski definition) is 7. The molecule has 1 aliphatic heterocycles. The van der Waals surface area contributed by atoms with E-state index in [0.29, 0.717) is 11.6 Å². The van der Waals surface area contributed by atoms with Crippen LogP contribution in [0.3, 0.4) is 0 Å². The van der Waals surface area contributed by atoms with Crippen molar-refractivity contribution in [1.82, 2.24) is 10.1 Å². The highest BCUT2D eigenvalue weighted by molar-refractivity contribution is 7.16. The third-order valence-electron chi connectivity index (χ3n) is 4.78. The van der Waals surface area contributed by atoms with Gasteiger partial charge in [-0.2, -0.15) is 0 Å². The minimum atomic E-state index is -0.537. The molecule has 0 saturated heterocycles. The molecule has 1 aliphatic rings. The van der Waals surface area contributed by atoms with Gasteiger partial charge in [-0.1, -0.05) is 5.16 Å². The van der Waals surface area contributed by atoms with Gasteiger partial charge < -0.3 is 16.0 Å². The van der Waals surface area contributed by atoms with Crippen molar-refractivity contribution < 1.29 is 9.32 Å². The van der Waals surface area contributed by atoms with Crippen LogP contribution < -0.4 is 11.5 Å². The summed E-state index contributed by atoms with van der Waals surface area (Å²) in [5.74, 6) is 0.566. The summed E-state index contributed by atoms with van der Waals surface area (Å²) in [6, 6.07) is 3.09. The molecule has 3 aromatic heterocycles. The molecule has 4 N–H and O–H groups in total. The lowest BCUT2D eigenvalue weighted by Gasteiger charge is -2.11. The van der Waals surface area contributed by atoms with Crippen LogP contribution in [0.2, 0.25) is 0 Å². The number of amides is 1. The Bertz CT molecular complexity index is 1080. The largest absolute Gasteiger partial charge is 0.384 e. The summed E-state index contributed by atoms with van der Waals surface area (Å²) in [5, 5.41) is 4.13. The third kappa shape index (κ3) is 2.82. The summed E-state index contributed by atoms with van der Waals surface area (Å²) in [7, 11) is 0. The second-order valence-corrected chi connectivity index (χ2v) is 7.86. The molecule has 0 spiro atoms.